The van der Waals surface area contributed by atoms with E-state index >= 15 is 0 Å². The highest BCUT2D eigenvalue weighted by molar-refractivity contribution is 7.89. The Morgan fingerprint density at radius 1 is 1.45 bits per heavy atom. The molecule has 0 heterocycles. The second-order valence-electron chi connectivity index (χ2n) is 4.57. The van der Waals surface area contributed by atoms with Gasteiger partial charge in [0.05, 0.1) is 12.0 Å². The molecule has 0 spiro atoms. The quantitative estimate of drug-likeness (QED) is 0.778. The molecule has 0 aliphatic rings. The number of methoxy groups -OCH3 is 1. The van der Waals surface area contributed by atoms with Crippen LogP contribution in [0.1, 0.15) is 19.4 Å². The Kier molecular flexibility index (Phi) is 5.74. The molecule has 20 heavy (non-hydrogen) atoms. The first-order valence-electron chi connectivity index (χ1n) is 6.38. The fraction of sp³-hybridized carbons (Fsp3) is 0.429. The van der Waals surface area contributed by atoms with E-state index < -0.39 is 10.0 Å². The molecular weight excluding hydrogens is 276 g/mol. The fourth-order valence-corrected chi connectivity index (χ4v) is 3.45. The summed E-state index contributed by atoms with van der Waals surface area (Å²) in [6, 6.07) is 4.73. The van der Waals surface area contributed by atoms with Gasteiger partial charge in [0, 0.05) is 25.2 Å². The van der Waals surface area contributed by atoms with Crippen molar-refractivity contribution in [3.05, 3.63) is 35.9 Å². The van der Waals surface area contributed by atoms with Crippen LogP contribution < -0.4 is 10.5 Å². The van der Waals surface area contributed by atoms with Crippen LogP contribution in [0.5, 0.6) is 5.75 Å². The van der Waals surface area contributed by atoms with E-state index in [1.807, 2.05) is 0 Å². The van der Waals surface area contributed by atoms with Crippen LogP contribution in [0.15, 0.2) is 35.2 Å². The molecular formula is C14H22N2O3S. The van der Waals surface area contributed by atoms with Gasteiger partial charge in [-0.15, -0.1) is 0 Å². The number of hydrogen-bond acceptors (Lipinski definition) is 4. The number of likely N-dealkylation sites (N-methyl/N-ethyl adjacent to an activating group) is 1. The molecule has 1 aromatic rings. The molecule has 112 valence electrons. The lowest BCUT2D eigenvalue weighted by Gasteiger charge is -2.21. The van der Waals surface area contributed by atoms with Crippen molar-refractivity contribution in [3.8, 4) is 5.75 Å². The van der Waals surface area contributed by atoms with E-state index in [1.165, 1.54) is 17.5 Å². The third kappa shape index (κ3) is 3.59. The molecule has 0 aromatic heterocycles. The van der Waals surface area contributed by atoms with Crippen LogP contribution in [0, 0.1) is 0 Å². The second kappa shape index (κ2) is 6.88. The summed E-state index contributed by atoms with van der Waals surface area (Å²) in [5.41, 5.74) is 7.09. The lowest BCUT2D eigenvalue weighted by molar-refractivity contribution is 0.409. The minimum atomic E-state index is -3.54. The molecule has 0 radical (unpaired) electrons. The third-order valence-electron chi connectivity index (χ3n) is 2.91. The smallest absolute Gasteiger partial charge is 0.243 e. The molecule has 0 bridgehead atoms. The molecule has 0 fully saturated rings. The summed E-state index contributed by atoms with van der Waals surface area (Å²) in [7, 11) is -2.01. The highest BCUT2D eigenvalue weighted by Gasteiger charge is 2.23. The van der Waals surface area contributed by atoms with Crippen molar-refractivity contribution in [2.24, 2.45) is 5.73 Å². The molecule has 5 nitrogen and oxygen atoms in total. The maximum Gasteiger partial charge on any atom is 0.243 e. The molecule has 0 aliphatic carbocycles. The number of benzene rings is 1. The van der Waals surface area contributed by atoms with Gasteiger partial charge in [-0.25, -0.2) is 8.42 Å². The summed E-state index contributed by atoms with van der Waals surface area (Å²) >= 11 is 0. The Bertz CT molecular complexity index is 582. The molecule has 0 saturated heterocycles. The van der Waals surface area contributed by atoms with E-state index in [4.69, 9.17) is 10.5 Å². The van der Waals surface area contributed by atoms with Crippen LogP contribution in [-0.4, -0.2) is 32.9 Å². The molecule has 0 amide bonds. The van der Waals surface area contributed by atoms with Crippen molar-refractivity contribution in [1.29, 1.82) is 0 Å². The molecule has 1 rings (SSSR count). The Balaban J connectivity index is 3.23. The molecule has 0 saturated carbocycles. The van der Waals surface area contributed by atoms with Crippen molar-refractivity contribution in [2.45, 2.75) is 25.3 Å². The zero-order valence-corrected chi connectivity index (χ0v) is 13.0. The highest BCUT2D eigenvalue weighted by atomic mass is 32.2. The first-order valence-corrected chi connectivity index (χ1v) is 7.82. The summed E-state index contributed by atoms with van der Waals surface area (Å²) in [5.74, 6) is 0.592. The van der Waals surface area contributed by atoms with Crippen LogP contribution in [0.4, 0.5) is 0 Å². The van der Waals surface area contributed by atoms with Gasteiger partial charge in [-0.05, 0) is 25.1 Å². The predicted octanol–water partition coefficient (Wildman–Crippen LogP) is 1.74. The van der Waals surface area contributed by atoms with Crippen molar-refractivity contribution in [3.63, 3.8) is 0 Å². The number of nitrogens with two attached hydrogens (primary N) is 1. The molecule has 1 aromatic carbocycles. The van der Waals surface area contributed by atoms with E-state index in [-0.39, 0.29) is 11.4 Å². The van der Waals surface area contributed by atoms with Gasteiger partial charge in [0.2, 0.25) is 10.0 Å². The normalized spacial score (nSPS) is 11.7. The summed E-state index contributed by atoms with van der Waals surface area (Å²) < 4.78 is 31.7. The van der Waals surface area contributed by atoms with Gasteiger partial charge in [-0.3, -0.25) is 0 Å². The predicted molar refractivity (Wildman–Crippen MR) is 80.1 cm³/mol. The van der Waals surface area contributed by atoms with E-state index in [0.29, 0.717) is 24.4 Å². The Labute approximate surface area is 121 Å². The highest BCUT2D eigenvalue weighted by Crippen LogP contribution is 2.24. The lowest BCUT2D eigenvalue weighted by Crippen LogP contribution is -2.32. The lowest BCUT2D eigenvalue weighted by atomic mass is 10.2. The van der Waals surface area contributed by atoms with Crippen LogP contribution in [-0.2, 0) is 16.6 Å². The molecule has 0 unspecified atom stereocenters. The van der Waals surface area contributed by atoms with Gasteiger partial charge in [0.25, 0.3) is 0 Å². The van der Waals surface area contributed by atoms with Crippen molar-refractivity contribution in [1.82, 2.24) is 4.31 Å². The Morgan fingerprint density at radius 3 is 2.55 bits per heavy atom. The number of rotatable bonds is 7. The number of hydrogen-bond donors (Lipinski definition) is 1. The average molecular weight is 298 g/mol. The van der Waals surface area contributed by atoms with Gasteiger partial charge in [0.1, 0.15) is 5.75 Å². The van der Waals surface area contributed by atoms with Crippen molar-refractivity contribution < 1.29 is 13.2 Å². The summed E-state index contributed by atoms with van der Waals surface area (Å²) in [5, 5.41) is 0. The minimum absolute atomic E-state index is 0.221. The van der Waals surface area contributed by atoms with Gasteiger partial charge in [-0.1, -0.05) is 19.1 Å². The molecule has 6 heteroatoms. The SMILES string of the molecule is C=C(C)CN(CC)S(=O)(=O)c1ccc(OC)c(CN)c1. The zero-order chi connectivity index (χ0) is 15.3. The van der Waals surface area contributed by atoms with Gasteiger partial charge in [-0.2, -0.15) is 4.31 Å². The number of nitrogens with zero attached hydrogens (tertiary/aromatic N) is 1. The summed E-state index contributed by atoms with van der Waals surface area (Å²) in [6.07, 6.45) is 0. The summed E-state index contributed by atoms with van der Waals surface area (Å²) in [4.78, 5) is 0.224. The molecule has 2 N–H and O–H groups in total. The summed E-state index contributed by atoms with van der Waals surface area (Å²) in [6.45, 7) is 8.29. The zero-order valence-electron chi connectivity index (χ0n) is 12.2. The maximum atomic E-state index is 12.6. The third-order valence-corrected chi connectivity index (χ3v) is 4.83. The van der Waals surface area contributed by atoms with Gasteiger partial charge < -0.3 is 10.5 Å². The Hall–Kier alpha value is -1.37. The van der Waals surface area contributed by atoms with Crippen LogP contribution in [0.25, 0.3) is 0 Å². The standard InChI is InChI=1S/C14H22N2O3S/c1-5-16(10-11(2)3)20(17,18)13-6-7-14(19-4)12(8-13)9-15/h6-8H,2,5,9-10,15H2,1,3-4H3. The van der Waals surface area contributed by atoms with Crippen LogP contribution >= 0.6 is 0 Å². The second-order valence-corrected chi connectivity index (χ2v) is 6.50. The van der Waals surface area contributed by atoms with Crippen LogP contribution in [0.2, 0.25) is 0 Å². The number of sulfonamides is 1. The van der Waals surface area contributed by atoms with E-state index in [0.717, 1.165) is 5.57 Å². The van der Waals surface area contributed by atoms with E-state index in [9.17, 15) is 8.42 Å². The average Bonchev–Trinajstić information content (AvgIpc) is 2.43. The van der Waals surface area contributed by atoms with Gasteiger partial charge in [0.15, 0.2) is 0 Å². The van der Waals surface area contributed by atoms with E-state index in [2.05, 4.69) is 6.58 Å². The van der Waals surface area contributed by atoms with E-state index in [1.54, 1.807) is 26.0 Å². The van der Waals surface area contributed by atoms with Crippen LogP contribution in [0.3, 0.4) is 0 Å². The first-order chi connectivity index (χ1) is 9.36. The monoisotopic (exact) mass is 298 g/mol. The molecule has 0 atom stereocenters. The van der Waals surface area contributed by atoms with Gasteiger partial charge >= 0.3 is 0 Å². The fourth-order valence-electron chi connectivity index (χ4n) is 1.89. The minimum Gasteiger partial charge on any atom is -0.496 e. The Morgan fingerprint density at radius 2 is 2.10 bits per heavy atom. The largest absolute Gasteiger partial charge is 0.496 e. The first kappa shape index (κ1) is 16.7. The number of ether oxygens (including phenoxy) is 1. The van der Waals surface area contributed by atoms with Crippen molar-refractivity contribution in [2.75, 3.05) is 20.2 Å². The topological polar surface area (TPSA) is 72.6 Å². The van der Waals surface area contributed by atoms with Crippen molar-refractivity contribution >= 4 is 10.0 Å². The molecule has 0 aliphatic heterocycles. The maximum absolute atomic E-state index is 12.6.